The Morgan fingerprint density at radius 2 is 1.70 bits per heavy atom. The summed E-state index contributed by atoms with van der Waals surface area (Å²) in [5, 5.41) is 6.76. The molecule has 4 aliphatic rings. The van der Waals surface area contributed by atoms with Crippen LogP contribution in [0.5, 0.6) is 5.88 Å². The summed E-state index contributed by atoms with van der Waals surface area (Å²) in [6.07, 6.45) is 4.15. The van der Waals surface area contributed by atoms with Crippen LogP contribution in [0.2, 0.25) is 0 Å². The fraction of sp³-hybridized carbons (Fsp3) is 0.391. The van der Waals surface area contributed by atoms with Crippen LogP contribution in [0.25, 0.3) is 22.0 Å². The monoisotopic (exact) mass is 809 g/mol. The van der Waals surface area contributed by atoms with Crippen molar-refractivity contribution in [2.24, 2.45) is 0 Å². The second kappa shape index (κ2) is 16.1. The van der Waals surface area contributed by atoms with Gasteiger partial charge in [0.15, 0.2) is 0 Å². The number of benzene rings is 3. The summed E-state index contributed by atoms with van der Waals surface area (Å²) in [6.45, 7) is 15.3. The highest BCUT2D eigenvalue weighted by atomic mass is 16.6. The van der Waals surface area contributed by atoms with Crippen LogP contribution in [0.4, 0.5) is 27.8 Å². The molecule has 60 heavy (non-hydrogen) atoms. The molecule has 0 saturated carbocycles. The van der Waals surface area contributed by atoms with Gasteiger partial charge in [-0.2, -0.15) is 0 Å². The van der Waals surface area contributed by atoms with Crippen LogP contribution in [0.1, 0.15) is 56.2 Å². The van der Waals surface area contributed by atoms with Crippen molar-refractivity contribution in [1.82, 2.24) is 30.1 Å². The summed E-state index contributed by atoms with van der Waals surface area (Å²) in [5.74, 6) is 0.308. The maximum Gasteiger partial charge on any atom is 0.415 e. The predicted molar refractivity (Wildman–Crippen MR) is 231 cm³/mol. The third-order valence-corrected chi connectivity index (χ3v) is 11.9. The molecule has 1 unspecified atom stereocenters. The summed E-state index contributed by atoms with van der Waals surface area (Å²) >= 11 is 0. The quantitative estimate of drug-likeness (QED) is 0.167. The molecule has 4 aliphatic heterocycles. The highest BCUT2D eigenvalue weighted by molar-refractivity contribution is 6.01. The van der Waals surface area contributed by atoms with Gasteiger partial charge in [-0.1, -0.05) is 36.4 Å². The third kappa shape index (κ3) is 8.34. The van der Waals surface area contributed by atoms with Crippen LogP contribution in [0, 0.1) is 6.92 Å². The van der Waals surface area contributed by atoms with E-state index >= 15 is 0 Å². The van der Waals surface area contributed by atoms with E-state index < -0.39 is 11.7 Å². The lowest BCUT2D eigenvalue weighted by molar-refractivity contribution is -0.134. The van der Waals surface area contributed by atoms with E-state index in [1.54, 1.807) is 11.1 Å². The van der Waals surface area contributed by atoms with Crippen molar-refractivity contribution in [3.8, 4) is 17.0 Å². The second-order valence-electron chi connectivity index (χ2n) is 17.2. The fourth-order valence-corrected chi connectivity index (χ4v) is 8.57. The average molecular weight is 810 g/mol. The number of rotatable bonds is 8. The highest BCUT2D eigenvalue weighted by Crippen LogP contribution is 2.40. The molecule has 1 atom stereocenters. The number of nitrogens with zero attached hydrogens (tertiary/aromatic N) is 7. The topological polar surface area (TPSA) is 145 Å². The van der Waals surface area contributed by atoms with E-state index in [9.17, 15) is 14.4 Å². The summed E-state index contributed by atoms with van der Waals surface area (Å²) in [6, 6.07) is 23.4. The molecule has 0 spiro atoms. The molecule has 3 aromatic carbocycles. The molecule has 3 saturated heterocycles. The lowest BCUT2D eigenvalue weighted by atomic mass is 9.90. The first-order chi connectivity index (χ1) is 28.9. The average Bonchev–Trinajstić information content (AvgIpc) is 3.21. The minimum atomic E-state index is -0.625. The maximum atomic E-state index is 13.2. The van der Waals surface area contributed by atoms with Crippen LogP contribution < -0.4 is 25.2 Å². The number of anilines is 4. The van der Waals surface area contributed by atoms with E-state index in [4.69, 9.17) is 14.5 Å². The maximum absolute atomic E-state index is 13.2. The SMILES string of the molecule is Cc1c(-c2ccc3cnc(Nc4ccc(CN5CCN(C6CN(c7ccc(C8CCC(=O)NC8=O)cc7)C6)CC5)cc4)nc3c2)cnc2c1N(C(=O)OC(C)(C)C)CCO2. The van der Waals surface area contributed by atoms with Crippen LogP contribution in [-0.4, -0.2) is 107 Å². The number of aromatic nitrogens is 3. The molecule has 0 aliphatic carbocycles. The van der Waals surface area contributed by atoms with E-state index in [0.717, 1.165) is 84.7 Å². The van der Waals surface area contributed by atoms with Crippen molar-refractivity contribution in [2.45, 2.75) is 64.6 Å². The molecule has 9 rings (SSSR count). The van der Waals surface area contributed by atoms with Gasteiger partial charge in [0.2, 0.25) is 23.6 Å². The van der Waals surface area contributed by atoms with E-state index in [1.165, 1.54) is 11.3 Å². The zero-order valence-corrected chi connectivity index (χ0v) is 34.6. The number of amides is 3. The minimum Gasteiger partial charge on any atom is -0.474 e. The van der Waals surface area contributed by atoms with E-state index in [2.05, 4.69) is 71.7 Å². The van der Waals surface area contributed by atoms with Gasteiger partial charge in [0, 0.05) is 93.0 Å². The summed E-state index contributed by atoms with van der Waals surface area (Å²) < 4.78 is 11.5. The number of ether oxygens (including phenoxy) is 2. The molecule has 2 N–H and O–H groups in total. The van der Waals surface area contributed by atoms with Crippen LogP contribution in [0.3, 0.4) is 0 Å². The first kappa shape index (κ1) is 39.3. The van der Waals surface area contributed by atoms with Gasteiger partial charge in [-0.3, -0.25) is 29.6 Å². The molecule has 3 amide bonds. The fourth-order valence-electron chi connectivity index (χ4n) is 8.57. The van der Waals surface area contributed by atoms with Crippen molar-refractivity contribution < 1.29 is 23.9 Å². The minimum absolute atomic E-state index is 0.182. The van der Waals surface area contributed by atoms with E-state index in [1.807, 2.05) is 64.2 Å². The highest BCUT2D eigenvalue weighted by Gasteiger charge is 2.35. The molecule has 2 aromatic heterocycles. The molecular formula is C46H51N9O5. The molecular weight excluding hydrogens is 759 g/mol. The third-order valence-electron chi connectivity index (χ3n) is 11.9. The van der Waals surface area contributed by atoms with Gasteiger partial charge in [-0.05, 0) is 86.7 Å². The summed E-state index contributed by atoms with van der Waals surface area (Å²) in [4.78, 5) is 60.2. The molecule has 6 heterocycles. The van der Waals surface area contributed by atoms with Crippen LogP contribution >= 0.6 is 0 Å². The largest absolute Gasteiger partial charge is 0.474 e. The number of piperidine rings is 1. The first-order valence-corrected chi connectivity index (χ1v) is 20.9. The van der Waals surface area contributed by atoms with Gasteiger partial charge < -0.3 is 19.7 Å². The molecule has 14 nitrogen and oxygen atoms in total. The van der Waals surface area contributed by atoms with Gasteiger partial charge in [-0.25, -0.2) is 19.7 Å². The van der Waals surface area contributed by atoms with Gasteiger partial charge in [0.25, 0.3) is 0 Å². The van der Waals surface area contributed by atoms with Crippen molar-refractivity contribution in [2.75, 3.05) is 67.5 Å². The number of carbonyl (C=O) groups excluding carboxylic acids is 3. The van der Waals surface area contributed by atoms with Gasteiger partial charge in [-0.15, -0.1) is 0 Å². The Hall–Kier alpha value is -6.12. The number of nitrogens with one attached hydrogen (secondary N) is 2. The first-order valence-electron chi connectivity index (χ1n) is 20.9. The standard InChI is InChI=1S/C46H51N9O5/c1-29-38(25-47-43-41(29)55(21-22-59-43)45(58)60-46(2,3)4)32-7-8-33-24-48-44(50-39(33)23-32)49-34-11-5-30(6-12-34)26-52-17-19-53(20-18-52)36-27-54(28-36)35-13-9-31(10-14-35)37-15-16-40(56)51-42(37)57/h5-14,23-25,36-37H,15-22,26-28H2,1-4H3,(H,48,49,50)(H,51,56,57). The van der Waals surface area contributed by atoms with E-state index in [-0.39, 0.29) is 17.7 Å². The zero-order valence-electron chi connectivity index (χ0n) is 34.6. The number of hydrogen-bond donors (Lipinski definition) is 2. The summed E-state index contributed by atoms with van der Waals surface area (Å²) in [7, 11) is 0. The Morgan fingerprint density at radius 3 is 2.43 bits per heavy atom. The number of pyridine rings is 1. The predicted octanol–water partition coefficient (Wildman–Crippen LogP) is 6.40. The molecule has 14 heteroatoms. The van der Waals surface area contributed by atoms with Crippen molar-refractivity contribution >= 4 is 51.8 Å². The smallest absolute Gasteiger partial charge is 0.415 e. The number of hydrogen-bond acceptors (Lipinski definition) is 12. The van der Waals surface area contributed by atoms with Crippen molar-refractivity contribution in [3.05, 3.63) is 95.8 Å². The number of piperazine rings is 1. The van der Waals surface area contributed by atoms with Crippen molar-refractivity contribution in [1.29, 1.82) is 0 Å². The molecule has 5 aromatic rings. The lowest BCUT2D eigenvalue weighted by Gasteiger charge is -2.49. The Bertz CT molecular complexity index is 2420. The molecule has 310 valence electrons. The molecule has 0 radical (unpaired) electrons. The van der Waals surface area contributed by atoms with Crippen LogP contribution in [-0.2, 0) is 20.9 Å². The normalized spacial score (nSPS) is 19.0. The Labute approximate surface area is 349 Å². The van der Waals surface area contributed by atoms with Crippen molar-refractivity contribution in [3.63, 3.8) is 0 Å². The van der Waals surface area contributed by atoms with Gasteiger partial charge in [0.1, 0.15) is 17.9 Å². The van der Waals surface area contributed by atoms with E-state index in [0.29, 0.717) is 49.6 Å². The van der Waals surface area contributed by atoms with Gasteiger partial charge in [0.05, 0.1) is 18.0 Å². The Balaban J connectivity index is 0.775. The zero-order chi connectivity index (χ0) is 41.5. The van der Waals surface area contributed by atoms with Crippen LogP contribution in [0.15, 0.2) is 79.1 Å². The Morgan fingerprint density at radius 1 is 0.933 bits per heavy atom. The number of carbonyl (C=O) groups is 3. The van der Waals surface area contributed by atoms with Gasteiger partial charge >= 0.3 is 6.09 Å². The number of imide groups is 1. The second-order valence-corrected chi connectivity index (χ2v) is 17.2. The number of fused-ring (bicyclic) bond motifs is 2. The Kier molecular flexibility index (Phi) is 10.6. The molecule has 3 fully saturated rings. The summed E-state index contributed by atoms with van der Waals surface area (Å²) in [5.41, 5.74) is 7.79. The lowest BCUT2D eigenvalue weighted by Crippen LogP contribution is -2.63. The molecule has 0 bridgehead atoms.